The largest absolute Gasteiger partial charge is 0.516 e. The summed E-state index contributed by atoms with van der Waals surface area (Å²) >= 11 is 7.55. The second-order valence-corrected chi connectivity index (χ2v) is 7.02. The molecule has 1 unspecified atom stereocenters. The zero-order chi connectivity index (χ0) is 15.9. The lowest BCUT2D eigenvalue weighted by molar-refractivity contribution is -0.856. The van der Waals surface area contributed by atoms with Gasteiger partial charge in [0.05, 0.1) is 18.1 Å². The number of aliphatic hydroxyl groups excluding tert-OH is 1. The van der Waals surface area contributed by atoms with Gasteiger partial charge in [0, 0.05) is 12.6 Å². The average Bonchev–Trinajstić information content (AvgIpc) is 3.12. The average molecular weight is 343 g/mol. The first kappa shape index (κ1) is 15.5. The summed E-state index contributed by atoms with van der Waals surface area (Å²) < 4.78 is 7.02. The number of fused-ring (bicyclic) bond motifs is 1. The Balaban J connectivity index is 1.95. The molecule has 1 amide bonds. The van der Waals surface area contributed by atoms with Crippen molar-refractivity contribution in [1.82, 2.24) is 9.38 Å². The number of nitrogens with zero attached hydrogens (tertiary/aromatic N) is 3. The van der Waals surface area contributed by atoms with E-state index in [0.29, 0.717) is 18.2 Å². The fourth-order valence-electron chi connectivity index (χ4n) is 2.95. The molecule has 0 radical (unpaired) electrons. The van der Waals surface area contributed by atoms with Gasteiger partial charge in [-0.2, -0.15) is 4.79 Å². The molecule has 1 aliphatic rings. The first-order chi connectivity index (χ1) is 10.5. The minimum atomic E-state index is -0.540. The number of hydrogen-bond donors (Lipinski definition) is 1. The number of amides is 1. The van der Waals surface area contributed by atoms with Crippen molar-refractivity contribution < 1.29 is 19.1 Å². The molecule has 1 fully saturated rings. The molecule has 3 rings (SSSR count). The van der Waals surface area contributed by atoms with Gasteiger partial charge >= 0.3 is 6.09 Å². The van der Waals surface area contributed by atoms with Gasteiger partial charge in [0.25, 0.3) is 0 Å². The van der Waals surface area contributed by atoms with E-state index in [-0.39, 0.29) is 23.2 Å². The number of likely N-dealkylation sites (tertiary alicyclic amines) is 1. The molecule has 1 N–H and O–H groups in total. The maximum absolute atomic E-state index is 12.4. The Morgan fingerprint density at radius 2 is 2.55 bits per heavy atom. The van der Waals surface area contributed by atoms with Crippen LogP contribution in [0.3, 0.4) is 0 Å². The van der Waals surface area contributed by atoms with E-state index in [1.54, 1.807) is 17.6 Å². The van der Waals surface area contributed by atoms with Crippen molar-refractivity contribution in [2.24, 2.45) is 0 Å². The van der Waals surface area contributed by atoms with Gasteiger partial charge in [0.1, 0.15) is 30.1 Å². The van der Waals surface area contributed by atoms with Gasteiger partial charge in [-0.1, -0.05) is 12.7 Å². The minimum absolute atomic E-state index is 0.0176. The third-order valence-corrected chi connectivity index (χ3v) is 5.44. The molecule has 2 aromatic rings. The molecule has 0 aliphatic carbocycles. The van der Waals surface area contributed by atoms with Crippen molar-refractivity contribution >= 4 is 33.9 Å². The minimum Gasteiger partial charge on any atom is -0.416 e. The molecule has 3 heterocycles. The molecule has 8 heteroatoms. The van der Waals surface area contributed by atoms with Gasteiger partial charge in [0.15, 0.2) is 0 Å². The summed E-state index contributed by atoms with van der Waals surface area (Å²) in [6, 6.07) is -0.159. The molecule has 0 spiro atoms. The number of aromatic nitrogens is 2. The van der Waals surface area contributed by atoms with E-state index in [1.165, 1.54) is 17.4 Å². The summed E-state index contributed by atoms with van der Waals surface area (Å²) in [4.78, 5) is 18.3. The third-order valence-electron chi connectivity index (χ3n) is 4.04. The van der Waals surface area contributed by atoms with Crippen LogP contribution in [0.4, 0.5) is 4.79 Å². The lowest BCUT2D eigenvalue weighted by atomic mass is 10.1. The number of aliphatic hydroxyl groups is 1. The van der Waals surface area contributed by atoms with Crippen LogP contribution in [0.5, 0.6) is 0 Å². The van der Waals surface area contributed by atoms with E-state index < -0.39 is 6.10 Å². The fourth-order valence-corrected chi connectivity index (χ4v) is 4.40. The molecule has 3 atom stereocenters. The molecule has 2 aromatic heterocycles. The number of halogens is 1. The lowest BCUT2D eigenvalue weighted by Crippen LogP contribution is -2.49. The summed E-state index contributed by atoms with van der Waals surface area (Å²) in [5, 5.41) is 10.5. The summed E-state index contributed by atoms with van der Waals surface area (Å²) in [6.45, 7) is 4.05. The van der Waals surface area contributed by atoms with Crippen LogP contribution in [0.2, 0.25) is 5.28 Å². The molecule has 0 aromatic carbocycles. The van der Waals surface area contributed by atoms with E-state index in [4.69, 9.17) is 16.3 Å². The first-order valence-electron chi connectivity index (χ1n) is 6.89. The number of carbonyl (C=O) groups is 1. The molecule has 22 heavy (non-hydrogen) atoms. The Bertz CT molecular complexity index is 728. The van der Waals surface area contributed by atoms with Gasteiger partial charge in [-0.25, -0.2) is 9.47 Å². The molecule has 6 nitrogen and oxygen atoms in total. The zero-order valence-electron chi connectivity index (χ0n) is 12.1. The van der Waals surface area contributed by atoms with Crippen LogP contribution in [-0.2, 0) is 4.74 Å². The summed E-state index contributed by atoms with van der Waals surface area (Å²) in [7, 11) is 1.79. The normalized spacial score (nSPS) is 28.1. The molecular formula is C14H17ClN3O3S+. The van der Waals surface area contributed by atoms with Crippen LogP contribution in [0, 0.1) is 0 Å². The second kappa shape index (κ2) is 5.66. The quantitative estimate of drug-likeness (QED) is 0.688. The van der Waals surface area contributed by atoms with Crippen LogP contribution < -0.4 is 0 Å². The van der Waals surface area contributed by atoms with Crippen LogP contribution in [0.25, 0.3) is 4.83 Å². The number of thiazole rings is 1. The number of quaternary nitrogens is 1. The van der Waals surface area contributed by atoms with Crippen molar-refractivity contribution in [3.8, 4) is 0 Å². The van der Waals surface area contributed by atoms with Gasteiger partial charge in [-0.15, -0.1) is 11.3 Å². The molecule has 1 aliphatic heterocycles. The predicted molar refractivity (Wildman–Crippen MR) is 84.0 cm³/mol. The van der Waals surface area contributed by atoms with Crippen LogP contribution in [0.1, 0.15) is 17.3 Å². The van der Waals surface area contributed by atoms with E-state index in [0.717, 1.165) is 9.71 Å². The zero-order valence-corrected chi connectivity index (χ0v) is 13.7. The van der Waals surface area contributed by atoms with Crippen molar-refractivity contribution in [1.29, 1.82) is 0 Å². The van der Waals surface area contributed by atoms with Crippen LogP contribution in [0.15, 0.2) is 25.0 Å². The molecule has 118 valence electrons. The molecule has 0 saturated carbocycles. The van der Waals surface area contributed by atoms with E-state index in [9.17, 15) is 9.90 Å². The van der Waals surface area contributed by atoms with Gasteiger partial charge in [-0.3, -0.25) is 4.40 Å². The van der Waals surface area contributed by atoms with Crippen molar-refractivity contribution in [2.45, 2.75) is 18.6 Å². The molecule has 1 saturated heterocycles. The van der Waals surface area contributed by atoms with Gasteiger partial charge in [-0.05, 0) is 11.6 Å². The standard InChI is InChI=1S/C14H17ClN3O3S/c1-3-4-21-14(20)18(2)8-9(19)5-10(18)11-7-17-12(22-11)6-16-13(17)15/h3,6-7,9-10,19H,1,4-5,8H2,2H3/q+1/t9-,10+,18?/m1/s1. The summed E-state index contributed by atoms with van der Waals surface area (Å²) in [6.07, 6.45) is 4.73. The van der Waals surface area contributed by atoms with Crippen LogP contribution >= 0.6 is 22.9 Å². The maximum atomic E-state index is 12.4. The maximum Gasteiger partial charge on any atom is 0.516 e. The van der Waals surface area contributed by atoms with Crippen molar-refractivity contribution in [3.63, 3.8) is 0 Å². The third kappa shape index (κ3) is 2.44. The highest BCUT2D eigenvalue weighted by atomic mass is 35.5. The predicted octanol–water partition coefficient (Wildman–Crippen LogP) is 2.62. The van der Waals surface area contributed by atoms with Crippen molar-refractivity contribution in [3.05, 3.63) is 35.2 Å². The number of ether oxygens (including phenoxy) is 1. The number of likely N-dealkylation sites (N-methyl/N-ethyl adjacent to an activating group) is 1. The summed E-state index contributed by atoms with van der Waals surface area (Å²) in [5.41, 5.74) is 0. The Labute approximate surface area is 136 Å². The monoisotopic (exact) mass is 342 g/mol. The molecular weight excluding hydrogens is 326 g/mol. The second-order valence-electron chi connectivity index (χ2n) is 5.59. The number of imidazole rings is 1. The first-order valence-corrected chi connectivity index (χ1v) is 8.09. The topological polar surface area (TPSA) is 63.8 Å². The highest BCUT2D eigenvalue weighted by Crippen LogP contribution is 2.42. The number of carbonyl (C=O) groups excluding carboxylic acids is 1. The Morgan fingerprint density at radius 1 is 1.77 bits per heavy atom. The molecule has 0 bridgehead atoms. The van der Waals surface area contributed by atoms with E-state index in [2.05, 4.69) is 11.6 Å². The lowest BCUT2D eigenvalue weighted by Gasteiger charge is -2.30. The smallest absolute Gasteiger partial charge is 0.416 e. The van der Waals surface area contributed by atoms with E-state index >= 15 is 0 Å². The van der Waals surface area contributed by atoms with Gasteiger partial charge < -0.3 is 9.84 Å². The Morgan fingerprint density at radius 3 is 3.23 bits per heavy atom. The highest BCUT2D eigenvalue weighted by molar-refractivity contribution is 7.17. The number of rotatable bonds is 3. The highest BCUT2D eigenvalue weighted by Gasteiger charge is 2.51. The van der Waals surface area contributed by atoms with Crippen LogP contribution in [-0.4, -0.2) is 51.4 Å². The summed E-state index contributed by atoms with van der Waals surface area (Å²) in [5.74, 6) is 0. The fraction of sp³-hybridized carbons (Fsp3) is 0.429. The van der Waals surface area contributed by atoms with E-state index in [1.807, 2.05) is 6.20 Å². The van der Waals surface area contributed by atoms with Gasteiger partial charge in [0.2, 0.25) is 5.28 Å². The number of hydrogen-bond acceptors (Lipinski definition) is 5. The SMILES string of the molecule is C=CCOC(=O)[N+]1(C)C[C@H](O)C[C@H]1c1cn2c(Cl)ncc2s1. The Hall–Kier alpha value is -1.41. The Kier molecular flexibility index (Phi) is 3.98. The van der Waals surface area contributed by atoms with Crippen molar-refractivity contribution in [2.75, 3.05) is 20.2 Å².